The number of hydrogen-bond acceptors (Lipinski definition) is 4. The third-order valence-electron chi connectivity index (χ3n) is 4.31. The molecule has 1 atom stereocenters. The molecule has 26 heavy (non-hydrogen) atoms. The average Bonchev–Trinajstić information content (AvgIpc) is 3.08. The van der Waals surface area contributed by atoms with Gasteiger partial charge < -0.3 is 4.98 Å². The maximum atomic E-state index is 13.3. The highest BCUT2D eigenvalue weighted by Crippen LogP contribution is 2.36. The van der Waals surface area contributed by atoms with Crippen LogP contribution in [0.25, 0.3) is 0 Å². The lowest BCUT2D eigenvalue weighted by Crippen LogP contribution is -2.49. The van der Waals surface area contributed by atoms with Gasteiger partial charge in [-0.05, 0) is 25.2 Å². The Kier molecular flexibility index (Phi) is 4.80. The number of rotatable bonds is 3. The standard InChI is InChI=1S/C15H16F4N4O2S/c1-22-6-7-23(9-12(22)14-20-4-5-21-14)26(24,25)13-3-2-10(16)8-11(13)15(17,18)19/h2-5,8,12H,6-7,9H2,1H3,(H,20,21)/t12-/m0/s1. The fourth-order valence-corrected chi connectivity index (χ4v) is 4.54. The third-order valence-corrected chi connectivity index (χ3v) is 6.23. The number of aromatic amines is 1. The second-order valence-electron chi connectivity index (χ2n) is 5.97. The molecule has 1 aromatic carbocycles. The van der Waals surface area contributed by atoms with E-state index in [0.29, 0.717) is 24.5 Å². The van der Waals surface area contributed by atoms with Crippen LogP contribution in [0.15, 0.2) is 35.5 Å². The van der Waals surface area contributed by atoms with Crippen LogP contribution in [-0.4, -0.2) is 54.3 Å². The van der Waals surface area contributed by atoms with Crippen molar-refractivity contribution in [1.29, 1.82) is 0 Å². The molecule has 0 unspecified atom stereocenters. The smallest absolute Gasteiger partial charge is 0.347 e. The van der Waals surface area contributed by atoms with Crippen molar-refractivity contribution in [3.05, 3.63) is 47.8 Å². The summed E-state index contributed by atoms with van der Waals surface area (Å²) in [6.45, 7) is 0.263. The van der Waals surface area contributed by atoms with E-state index in [1.807, 2.05) is 4.90 Å². The van der Waals surface area contributed by atoms with Gasteiger partial charge in [0, 0.05) is 32.0 Å². The minimum atomic E-state index is -4.99. The lowest BCUT2D eigenvalue weighted by molar-refractivity contribution is -0.140. The molecule has 3 rings (SSSR count). The maximum absolute atomic E-state index is 13.3. The van der Waals surface area contributed by atoms with E-state index in [1.54, 1.807) is 13.2 Å². The summed E-state index contributed by atoms with van der Waals surface area (Å²) in [6.07, 6.45) is -1.89. The normalized spacial score (nSPS) is 20.4. The first kappa shape index (κ1) is 18.8. The Morgan fingerprint density at radius 3 is 2.62 bits per heavy atom. The lowest BCUT2D eigenvalue weighted by atomic mass is 10.2. The number of halogens is 4. The summed E-state index contributed by atoms with van der Waals surface area (Å²) in [5.41, 5.74) is -1.51. The average molecular weight is 392 g/mol. The van der Waals surface area contributed by atoms with E-state index in [0.717, 1.165) is 4.31 Å². The van der Waals surface area contributed by atoms with Crippen molar-refractivity contribution in [3.63, 3.8) is 0 Å². The molecule has 0 aliphatic carbocycles. The number of alkyl halides is 3. The Labute approximate surface area is 147 Å². The molecule has 0 bridgehead atoms. The van der Waals surface area contributed by atoms with E-state index < -0.39 is 38.5 Å². The number of nitrogens with zero attached hydrogens (tertiary/aromatic N) is 3. The predicted molar refractivity (Wildman–Crippen MR) is 84.1 cm³/mol. The van der Waals surface area contributed by atoms with E-state index in [1.165, 1.54) is 6.20 Å². The number of nitrogens with one attached hydrogen (secondary N) is 1. The quantitative estimate of drug-likeness (QED) is 0.814. The van der Waals surface area contributed by atoms with Crippen LogP contribution in [0, 0.1) is 5.82 Å². The van der Waals surface area contributed by atoms with Gasteiger partial charge in [-0.2, -0.15) is 17.5 Å². The summed E-state index contributed by atoms with van der Waals surface area (Å²) < 4.78 is 79.6. The fraction of sp³-hybridized carbons (Fsp3) is 0.400. The van der Waals surface area contributed by atoms with E-state index >= 15 is 0 Å². The molecule has 142 valence electrons. The van der Waals surface area contributed by atoms with Gasteiger partial charge >= 0.3 is 6.18 Å². The highest BCUT2D eigenvalue weighted by atomic mass is 32.2. The van der Waals surface area contributed by atoms with Crippen LogP contribution in [-0.2, 0) is 16.2 Å². The van der Waals surface area contributed by atoms with Crippen molar-refractivity contribution in [3.8, 4) is 0 Å². The van der Waals surface area contributed by atoms with Gasteiger partial charge in [0.2, 0.25) is 10.0 Å². The molecule has 1 fully saturated rings. The second kappa shape index (κ2) is 6.63. The monoisotopic (exact) mass is 392 g/mol. The number of piperazine rings is 1. The van der Waals surface area contributed by atoms with E-state index in [-0.39, 0.29) is 19.2 Å². The first-order valence-corrected chi connectivity index (χ1v) is 9.11. The van der Waals surface area contributed by atoms with Crippen molar-refractivity contribution < 1.29 is 26.0 Å². The van der Waals surface area contributed by atoms with Gasteiger partial charge in [-0.1, -0.05) is 0 Å². The van der Waals surface area contributed by atoms with Crippen LogP contribution in [0.5, 0.6) is 0 Å². The number of sulfonamides is 1. The van der Waals surface area contributed by atoms with Gasteiger partial charge in [0.25, 0.3) is 0 Å². The minimum Gasteiger partial charge on any atom is -0.347 e. The highest BCUT2D eigenvalue weighted by Gasteiger charge is 2.41. The molecule has 11 heteroatoms. The summed E-state index contributed by atoms with van der Waals surface area (Å²) in [5, 5.41) is 0. The lowest BCUT2D eigenvalue weighted by Gasteiger charge is -2.37. The molecular weight excluding hydrogens is 376 g/mol. The van der Waals surface area contributed by atoms with E-state index in [4.69, 9.17) is 0 Å². The van der Waals surface area contributed by atoms with Gasteiger partial charge in [0.15, 0.2) is 0 Å². The zero-order valence-electron chi connectivity index (χ0n) is 13.7. The van der Waals surface area contributed by atoms with E-state index in [9.17, 15) is 26.0 Å². The Balaban J connectivity index is 1.99. The summed E-state index contributed by atoms with van der Waals surface area (Å²) in [4.78, 5) is 7.90. The number of benzene rings is 1. The number of aromatic nitrogens is 2. The zero-order chi connectivity index (χ0) is 19.1. The molecule has 1 N–H and O–H groups in total. The van der Waals surface area contributed by atoms with Crippen molar-refractivity contribution in [2.75, 3.05) is 26.7 Å². The van der Waals surface area contributed by atoms with Gasteiger partial charge in [-0.3, -0.25) is 4.90 Å². The molecule has 6 nitrogen and oxygen atoms in total. The Morgan fingerprint density at radius 2 is 2.00 bits per heavy atom. The molecule has 2 heterocycles. The van der Waals surface area contributed by atoms with Crippen LogP contribution in [0.4, 0.5) is 17.6 Å². The van der Waals surface area contributed by atoms with Gasteiger partial charge in [0.1, 0.15) is 11.6 Å². The number of hydrogen-bond donors (Lipinski definition) is 1. The first-order chi connectivity index (χ1) is 12.1. The number of likely N-dealkylation sites (N-methyl/N-ethyl adjacent to an activating group) is 1. The van der Waals surface area contributed by atoms with Gasteiger partial charge in [0.05, 0.1) is 16.5 Å². The van der Waals surface area contributed by atoms with Crippen molar-refractivity contribution >= 4 is 10.0 Å². The zero-order valence-corrected chi connectivity index (χ0v) is 14.5. The molecule has 0 amide bonds. The van der Waals surface area contributed by atoms with E-state index in [2.05, 4.69) is 9.97 Å². The summed E-state index contributed by atoms with van der Waals surface area (Å²) in [6, 6.07) is 1.14. The summed E-state index contributed by atoms with van der Waals surface area (Å²) >= 11 is 0. The molecular formula is C15H16F4N4O2S. The summed E-state index contributed by atoms with van der Waals surface area (Å²) in [7, 11) is -2.69. The van der Waals surface area contributed by atoms with Crippen LogP contribution in [0.3, 0.4) is 0 Å². The number of H-pyrrole nitrogens is 1. The van der Waals surface area contributed by atoms with Crippen molar-refractivity contribution in [2.45, 2.75) is 17.1 Å². The Morgan fingerprint density at radius 1 is 1.27 bits per heavy atom. The van der Waals surface area contributed by atoms with Crippen LogP contribution in [0.2, 0.25) is 0 Å². The largest absolute Gasteiger partial charge is 0.417 e. The fourth-order valence-electron chi connectivity index (χ4n) is 2.91. The molecule has 1 aliphatic heterocycles. The molecule has 0 spiro atoms. The Hall–Kier alpha value is -1.98. The molecule has 1 saturated heterocycles. The Bertz CT molecular complexity index is 884. The first-order valence-electron chi connectivity index (χ1n) is 7.67. The third kappa shape index (κ3) is 3.46. The number of imidazole rings is 1. The second-order valence-corrected chi connectivity index (χ2v) is 7.88. The predicted octanol–water partition coefficient (Wildman–Crippen LogP) is 2.25. The highest BCUT2D eigenvalue weighted by molar-refractivity contribution is 7.89. The van der Waals surface area contributed by atoms with Crippen molar-refractivity contribution in [2.24, 2.45) is 0 Å². The minimum absolute atomic E-state index is 0.0186. The van der Waals surface area contributed by atoms with Gasteiger partial charge in [-0.15, -0.1) is 0 Å². The molecule has 1 aromatic heterocycles. The summed E-state index contributed by atoms with van der Waals surface area (Å²) in [5.74, 6) is -0.634. The van der Waals surface area contributed by atoms with Crippen LogP contribution in [0.1, 0.15) is 17.4 Å². The SMILES string of the molecule is CN1CCN(S(=O)(=O)c2ccc(F)cc2C(F)(F)F)C[C@H]1c1ncc[nH]1. The van der Waals surface area contributed by atoms with Crippen LogP contribution < -0.4 is 0 Å². The maximum Gasteiger partial charge on any atom is 0.417 e. The molecule has 1 aliphatic rings. The van der Waals surface area contributed by atoms with Crippen molar-refractivity contribution in [1.82, 2.24) is 19.2 Å². The topological polar surface area (TPSA) is 69.3 Å². The molecule has 0 radical (unpaired) electrons. The molecule has 0 saturated carbocycles. The molecule has 2 aromatic rings. The van der Waals surface area contributed by atoms with Crippen LogP contribution >= 0.6 is 0 Å². The van der Waals surface area contributed by atoms with Gasteiger partial charge in [-0.25, -0.2) is 17.8 Å².